The maximum Gasteiger partial charge on any atom is 0.266 e. The Labute approximate surface area is 157 Å². The number of anilines is 1. The first kappa shape index (κ1) is 20.5. The Morgan fingerprint density at radius 3 is 3.00 bits per heavy atom. The number of nitrogens with zero attached hydrogens (tertiary/aromatic N) is 4. The van der Waals surface area contributed by atoms with Gasteiger partial charge in [0.2, 0.25) is 12.3 Å². The van der Waals surface area contributed by atoms with Gasteiger partial charge in [0.05, 0.1) is 6.54 Å². The van der Waals surface area contributed by atoms with Gasteiger partial charge in [0, 0.05) is 18.3 Å². The van der Waals surface area contributed by atoms with Gasteiger partial charge in [0.25, 0.3) is 5.91 Å². The Morgan fingerprint density at radius 1 is 1.52 bits per heavy atom. The number of carbonyl (C=O) groups is 3. The minimum atomic E-state index is -0.738. The van der Waals surface area contributed by atoms with Crippen molar-refractivity contribution < 1.29 is 19.6 Å². The summed E-state index contributed by atoms with van der Waals surface area (Å²) in [6, 6.07) is 2.50. The van der Waals surface area contributed by atoms with Gasteiger partial charge in [0.15, 0.2) is 5.82 Å². The maximum absolute atomic E-state index is 12.9. The highest BCUT2D eigenvalue weighted by molar-refractivity contribution is 6.00. The standard InChI is InChI=1S/C17H24N6O4/c1-2-3-4-6-13(11-22(27)12-24)17(26)23-14(8-10-19-23)16(25)20-15-7-5-9-18-21-15/h5-7,9,12,14,19,27H,2-4,8,10-11H2,1H3,(H,20,21,25)/b13-6-/t14-/m0/s1. The van der Waals surface area contributed by atoms with Crippen molar-refractivity contribution in [3.63, 3.8) is 0 Å². The molecule has 27 heavy (non-hydrogen) atoms. The molecule has 10 nitrogen and oxygen atoms in total. The van der Waals surface area contributed by atoms with Gasteiger partial charge in [0.1, 0.15) is 6.04 Å². The van der Waals surface area contributed by atoms with Crippen molar-refractivity contribution in [3.05, 3.63) is 30.0 Å². The Hall–Kier alpha value is -2.85. The van der Waals surface area contributed by atoms with Crippen LogP contribution >= 0.6 is 0 Å². The SMILES string of the molecule is CCCC/C=C(/CN(O)C=O)C(=O)N1NCC[C@H]1C(=O)Nc1cccnn1. The smallest absolute Gasteiger partial charge is 0.266 e. The summed E-state index contributed by atoms with van der Waals surface area (Å²) in [5.41, 5.74) is 3.13. The summed E-state index contributed by atoms with van der Waals surface area (Å²) in [4.78, 5) is 36.2. The first-order valence-corrected chi connectivity index (χ1v) is 8.82. The van der Waals surface area contributed by atoms with Crippen molar-refractivity contribution in [3.8, 4) is 0 Å². The highest BCUT2D eigenvalue weighted by Gasteiger charge is 2.36. The van der Waals surface area contributed by atoms with Gasteiger partial charge in [-0.2, -0.15) is 5.10 Å². The Balaban J connectivity index is 2.11. The lowest BCUT2D eigenvalue weighted by molar-refractivity contribution is -0.149. The first-order chi connectivity index (χ1) is 13.1. The Kier molecular flexibility index (Phi) is 7.83. The molecule has 2 rings (SSSR count). The zero-order chi connectivity index (χ0) is 19.6. The number of nitrogens with one attached hydrogen (secondary N) is 2. The maximum atomic E-state index is 12.9. The van der Waals surface area contributed by atoms with E-state index in [4.69, 9.17) is 0 Å². The zero-order valence-corrected chi connectivity index (χ0v) is 15.2. The molecule has 0 saturated carbocycles. The van der Waals surface area contributed by atoms with Crippen molar-refractivity contribution in [2.24, 2.45) is 0 Å². The van der Waals surface area contributed by atoms with Gasteiger partial charge >= 0.3 is 0 Å². The average Bonchev–Trinajstić information content (AvgIpc) is 3.17. The summed E-state index contributed by atoms with van der Waals surface area (Å²) in [5, 5.41) is 21.3. The second kappa shape index (κ2) is 10.3. The molecule has 3 amide bonds. The normalized spacial score (nSPS) is 16.9. The van der Waals surface area contributed by atoms with E-state index in [9.17, 15) is 19.6 Å². The zero-order valence-electron chi connectivity index (χ0n) is 15.2. The van der Waals surface area contributed by atoms with E-state index >= 15 is 0 Å². The van der Waals surface area contributed by atoms with E-state index in [1.807, 2.05) is 6.92 Å². The summed E-state index contributed by atoms with van der Waals surface area (Å²) in [7, 11) is 0. The van der Waals surface area contributed by atoms with Crippen LogP contribution in [0.15, 0.2) is 30.0 Å². The monoisotopic (exact) mass is 376 g/mol. The molecule has 1 saturated heterocycles. The van der Waals surface area contributed by atoms with Gasteiger partial charge in [-0.25, -0.2) is 10.5 Å². The average molecular weight is 376 g/mol. The topological polar surface area (TPSA) is 128 Å². The minimum Gasteiger partial charge on any atom is -0.307 e. The lowest BCUT2D eigenvalue weighted by Gasteiger charge is -2.25. The first-order valence-electron chi connectivity index (χ1n) is 8.82. The molecular formula is C17H24N6O4. The summed E-state index contributed by atoms with van der Waals surface area (Å²) in [6.45, 7) is 2.22. The fraction of sp³-hybridized carbons (Fsp3) is 0.471. The molecule has 10 heteroatoms. The summed E-state index contributed by atoms with van der Waals surface area (Å²) in [5.74, 6) is -0.551. The fourth-order valence-electron chi connectivity index (χ4n) is 2.67. The molecule has 1 aliphatic heterocycles. The summed E-state index contributed by atoms with van der Waals surface area (Å²) in [6.07, 6.45) is 6.29. The largest absolute Gasteiger partial charge is 0.307 e. The fourth-order valence-corrected chi connectivity index (χ4v) is 2.67. The summed E-state index contributed by atoms with van der Waals surface area (Å²) < 4.78 is 0. The minimum absolute atomic E-state index is 0.233. The number of hydrogen-bond acceptors (Lipinski definition) is 7. The molecule has 0 bridgehead atoms. The molecule has 0 aliphatic carbocycles. The Bertz CT molecular complexity index is 681. The van der Waals surface area contributed by atoms with E-state index in [0.717, 1.165) is 12.8 Å². The lowest BCUT2D eigenvalue weighted by Crippen LogP contribution is -2.49. The number of aromatic nitrogens is 2. The molecule has 1 fully saturated rings. The molecular weight excluding hydrogens is 352 g/mol. The van der Waals surface area contributed by atoms with Crippen LogP contribution in [0.3, 0.4) is 0 Å². The third-order valence-electron chi connectivity index (χ3n) is 4.03. The molecule has 2 heterocycles. The molecule has 1 aliphatic rings. The van der Waals surface area contributed by atoms with Crippen LogP contribution in [-0.4, -0.2) is 62.8 Å². The van der Waals surface area contributed by atoms with Crippen LogP contribution in [0.2, 0.25) is 0 Å². The molecule has 0 unspecified atom stereocenters. The van der Waals surface area contributed by atoms with E-state index in [2.05, 4.69) is 20.9 Å². The van der Waals surface area contributed by atoms with Gasteiger partial charge < -0.3 is 5.32 Å². The van der Waals surface area contributed by atoms with Crippen molar-refractivity contribution in [2.45, 2.75) is 38.6 Å². The number of unbranched alkanes of at least 4 members (excludes halogenated alkanes) is 2. The van der Waals surface area contributed by atoms with Crippen LogP contribution in [0.25, 0.3) is 0 Å². The van der Waals surface area contributed by atoms with Crippen LogP contribution in [0, 0.1) is 0 Å². The predicted molar refractivity (Wildman–Crippen MR) is 96.1 cm³/mol. The number of hydroxylamine groups is 2. The van der Waals surface area contributed by atoms with E-state index in [0.29, 0.717) is 30.3 Å². The predicted octanol–water partition coefficient (Wildman–Crippen LogP) is 0.485. The molecule has 0 aromatic carbocycles. The van der Waals surface area contributed by atoms with Gasteiger partial charge in [-0.1, -0.05) is 25.8 Å². The van der Waals surface area contributed by atoms with Gasteiger partial charge in [-0.05, 0) is 25.0 Å². The van der Waals surface area contributed by atoms with Crippen LogP contribution in [-0.2, 0) is 14.4 Å². The van der Waals surface area contributed by atoms with E-state index in [1.165, 1.54) is 11.2 Å². The second-order valence-electron chi connectivity index (χ2n) is 6.06. The quantitative estimate of drug-likeness (QED) is 0.188. The molecule has 3 N–H and O–H groups in total. The number of hydrazine groups is 1. The molecule has 1 atom stereocenters. The third-order valence-corrected chi connectivity index (χ3v) is 4.03. The van der Waals surface area contributed by atoms with Crippen LogP contribution in [0.4, 0.5) is 5.82 Å². The van der Waals surface area contributed by atoms with E-state index in [1.54, 1.807) is 18.2 Å². The van der Waals surface area contributed by atoms with Crippen molar-refractivity contribution in [1.82, 2.24) is 25.7 Å². The van der Waals surface area contributed by atoms with E-state index in [-0.39, 0.29) is 18.5 Å². The second-order valence-corrected chi connectivity index (χ2v) is 6.06. The van der Waals surface area contributed by atoms with Crippen molar-refractivity contribution in [2.75, 3.05) is 18.4 Å². The van der Waals surface area contributed by atoms with Gasteiger partial charge in [-0.15, -0.1) is 5.10 Å². The van der Waals surface area contributed by atoms with Crippen LogP contribution in [0.5, 0.6) is 0 Å². The van der Waals surface area contributed by atoms with Crippen LogP contribution in [0.1, 0.15) is 32.6 Å². The van der Waals surface area contributed by atoms with Crippen molar-refractivity contribution in [1.29, 1.82) is 0 Å². The summed E-state index contributed by atoms with van der Waals surface area (Å²) >= 11 is 0. The Morgan fingerprint density at radius 2 is 2.33 bits per heavy atom. The highest BCUT2D eigenvalue weighted by Crippen LogP contribution is 2.16. The third kappa shape index (κ3) is 5.83. The number of hydrogen-bond donors (Lipinski definition) is 3. The highest BCUT2D eigenvalue weighted by atomic mass is 16.5. The molecule has 0 spiro atoms. The van der Waals surface area contributed by atoms with Crippen LogP contribution < -0.4 is 10.7 Å². The number of allylic oxidation sites excluding steroid dienone is 1. The number of carbonyl (C=O) groups excluding carboxylic acids is 3. The lowest BCUT2D eigenvalue weighted by atomic mass is 10.1. The van der Waals surface area contributed by atoms with Crippen molar-refractivity contribution >= 4 is 24.0 Å². The van der Waals surface area contributed by atoms with Gasteiger partial charge in [-0.3, -0.25) is 24.6 Å². The molecule has 1 aromatic rings. The van der Waals surface area contributed by atoms with E-state index < -0.39 is 17.9 Å². The molecule has 0 radical (unpaired) electrons. The number of amides is 3. The molecule has 1 aromatic heterocycles. The molecule has 146 valence electrons. The number of rotatable bonds is 9.